The van der Waals surface area contributed by atoms with Crippen molar-refractivity contribution < 1.29 is 5.11 Å². The Morgan fingerprint density at radius 2 is 2.08 bits per heavy atom. The molecule has 0 saturated heterocycles. The average molecular weight is 203 g/mol. The Bertz CT molecular complexity index is 314. The van der Waals surface area contributed by atoms with Gasteiger partial charge in [0.1, 0.15) is 10.2 Å². The first kappa shape index (κ1) is 9.43. The van der Waals surface area contributed by atoms with Gasteiger partial charge in [0.05, 0.1) is 0 Å². The third-order valence-electron chi connectivity index (χ3n) is 1.53. The molecule has 0 aliphatic carbocycles. The molecule has 0 aliphatic rings. The summed E-state index contributed by atoms with van der Waals surface area (Å²) >= 11 is 10.9. The van der Waals surface area contributed by atoms with Crippen LogP contribution in [0.1, 0.15) is 11.1 Å². The number of aryl methyl sites for hydroxylation is 1. The molecule has 1 aromatic rings. The van der Waals surface area contributed by atoms with Gasteiger partial charge in [-0.25, -0.2) is 0 Å². The molecule has 0 radical (unpaired) electrons. The number of aromatic hydroxyl groups is 1. The predicted molar refractivity (Wildman–Crippen MR) is 52.5 cm³/mol. The third-order valence-corrected chi connectivity index (χ3v) is 1.75. The first-order chi connectivity index (χ1) is 5.61. The summed E-state index contributed by atoms with van der Waals surface area (Å²) in [6.45, 7) is 1.81. The predicted octanol–water partition coefficient (Wildman–Crippen LogP) is 3.48. The highest BCUT2D eigenvalue weighted by atomic mass is 35.5. The van der Waals surface area contributed by atoms with E-state index in [9.17, 15) is 5.11 Å². The highest BCUT2D eigenvalue weighted by molar-refractivity contribution is 6.57. The second-order valence-corrected chi connectivity index (χ2v) is 3.45. The zero-order chi connectivity index (χ0) is 9.14. The van der Waals surface area contributed by atoms with Gasteiger partial charge in [0.2, 0.25) is 0 Å². The van der Waals surface area contributed by atoms with E-state index in [0.29, 0.717) is 5.56 Å². The normalized spacial score (nSPS) is 9.58. The van der Waals surface area contributed by atoms with Crippen LogP contribution in [0.4, 0.5) is 0 Å². The molecule has 0 atom stereocenters. The van der Waals surface area contributed by atoms with E-state index in [0.717, 1.165) is 5.56 Å². The summed E-state index contributed by atoms with van der Waals surface area (Å²) in [5.74, 6) is 0.219. The van der Waals surface area contributed by atoms with Gasteiger partial charge in [0, 0.05) is 5.56 Å². The van der Waals surface area contributed by atoms with Crippen LogP contribution in [0, 0.1) is 6.92 Å². The maximum Gasteiger partial charge on any atom is 0.125 e. The van der Waals surface area contributed by atoms with Gasteiger partial charge in [-0.3, -0.25) is 0 Å². The molecule has 1 rings (SSSR count). The number of rotatable bonds is 1. The topological polar surface area (TPSA) is 20.2 Å². The molecule has 0 aromatic heterocycles. The number of phenolic OH excluding ortho intramolecular Hbond substituents is 1. The van der Waals surface area contributed by atoms with Crippen LogP contribution in [-0.4, -0.2) is 5.11 Å². The molecule has 1 nitrogen and oxygen atoms in total. The summed E-state index contributed by atoms with van der Waals surface area (Å²) in [5, 5.41) is 9.48. The average Bonchev–Trinajstić information content (AvgIpc) is 1.98. The first-order valence-electron chi connectivity index (χ1n) is 3.42. The number of benzene rings is 1. The summed E-state index contributed by atoms with van der Waals surface area (Å²) in [5.41, 5.74) is 1.44. The highest BCUT2D eigenvalue weighted by Gasteiger charge is 2.00. The van der Waals surface area contributed by atoms with Crippen LogP contribution < -0.4 is 0 Å². The molecule has 0 amide bonds. The molecular formula is C9H8Cl2O. The summed E-state index contributed by atoms with van der Waals surface area (Å²) < 4.78 is 0.135. The van der Waals surface area contributed by atoms with Crippen molar-refractivity contribution in [3.05, 3.63) is 33.8 Å². The molecule has 0 bridgehead atoms. The summed E-state index contributed by atoms with van der Waals surface area (Å²) in [6, 6.07) is 5.39. The molecule has 1 N–H and O–H groups in total. The highest BCUT2D eigenvalue weighted by Crippen LogP contribution is 2.25. The van der Waals surface area contributed by atoms with Crippen molar-refractivity contribution in [3.63, 3.8) is 0 Å². The fraction of sp³-hybridized carbons (Fsp3) is 0.111. The van der Waals surface area contributed by atoms with Crippen molar-refractivity contribution in [3.8, 4) is 5.75 Å². The molecule has 0 aliphatic heterocycles. The van der Waals surface area contributed by atoms with Crippen molar-refractivity contribution in [2.75, 3.05) is 0 Å². The van der Waals surface area contributed by atoms with E-state index >= 15 is 0 Å². The lowest BCUT2D eigenvalue weighted by molar-refractivity contribution is 0.470. The Morgan fingerprint density at radius 3 is 2.67 bits per heavy atom. The lowest BCUT2D eigenvalue weighted by Gasteiger charge is -2.01. The number of hydrogen-bond donors (Lipinski definition) is 1. The van der Waals surface area contributed by atoms with Gasteiger partial charge in [-0.1, -0.05) is 41.4 Å². The molecule has 3 heteroatoms. The molecule has 64 valence electrons. The smallest absolute Gasteiger partial charge is 0.125 e. The SMILES string of the molecule is Cc1cccc(C=C(Cl)Cl)c1O. The van der Waals surface area contributed by atoms with Crippen LogP contribution in [0.2, 0.25) is 0 Å². The fourth-order valence-electron chi connectivity index (χ4n) is 0.916. The fourth-order valence-corrected chi connectivity index (χ4v) is 1.15. The minimum atomic E-state index is 0.135. The van der Waals surface area contributed by atoms with E-state index in [-0.39, 0.29) is 10.2 Å². The van der Waals surface area contributed by atoms with Gasteiger partial charge in [0.15, 0.2) is 0 Å². The van der Waals surface area contributed by atoms with Crippen molar-refractivity contribution in [1.82, 2.24) is 0 Å². The molecule has 1 aromatic carbocycles. The standard InChI is InChI=1S/C9H8Cl2O/c1-6-3-2-4-7(9(6)12)5-8(10)11/h2-5,12H,1H3. The lowest BCUT2D eigenvalue weighted by atomic mass is 10.1. The van der Waals surface area contributed by atoms with E-state index in [2.05, 4.69) is 0 Å². The lowest BCUT2D eigenvalue weighted by Crippen LogP contribution is -1.78. The van der Waals surface area contributed by atoms with Gasteiger partial charge >= 0.3 is 0 Å². The van der Waals surface area contributed by atoms with Crippen molar-refractivity contribution >= 4 is 29.3 Å². The van der Waals surface area contributed by atoms with Crippen molar-refractivity contribution in [2.24, 2.45) is 0 Å². The molecule has 12 heavy (non-hydrogen) atoms. The Morgan fingerprint density at radius 1 is 1.42 bits per heavy atom. The Kier molecular flexibility index (Phi) is 3.01. The molecule has 0 unspecified atom stereocenters. The number of hydrogen-bond acceptors (Lipinski definition) is 1. The Hall–Kier alpha value is -0.660. The summed E-state index contributed by atoms with van der Waals surface area (Å²) in [7, 11) is 0. The Balaban J connectivity index is 3.17. The zero-order valence-corrected chi connectivity index (χ0v) is 8.02. The first-order valence-corrected chi connectivity index (χ1v) is 4.18. The molecule has 0 fully saturated rings. The van der Waals surface area contributed by atoms with Gasteiger partial charge < -0.3 is 5.11 Å². The maximum atomic E-state index is 9.48. The van der Waals surface area contributed by atoms with Gasteiger partial charge in [-0.2, -0.15) is 0 Å². The minimum Gasteiger partial charge on any atom is -0.507 e. The van der Waals surface area contributed by atoms with E-state index in [1.54, 1.807) is 6.07 Å². The van der Waals surface area contributed by atoms with E-state index in [4.69, 9.17) is 23.2 Å². The monoisotopic (exact) mass is 202 g/mol. The van der Waals surface area contributed by atoms with E-state index in [1.165, 1.54) is 6.08 Å². The van der Waals surface area contributed by atoms with Crippen molar-refractivity contribution in [1.29, 1.82) is 0 Å². The van der Waals surface area contributed by atoms with E-state index in [1.807, 2.05) is 19.1 Å². The number of para-hydroxylation sites is 1. The second-order valence-electron chi connectivity index (χ2n) is 2.45. The van der Waals surface area contributed by atoms with Crippen LogP contribution in [0.3, 0.4) is 0 Å². The van der Waals surface area contributed by atoms with Crippen LogP contribution in [0.15, 0.2) is 22.7 Å². The van der Waals surface area contributed by atoms with Crippen LogP contribution in [0.25, 0.3) is 6.08 Å². The molecule has 0 saturated carbocycles. The van der Waals surface area contributed by atoms with E-state index < -0.39 is 0 Å². The number of phenols is 1. The quantitative estimate of drug-likeness (QED) is 0.740. The van der Waals surface area contributed by atoms with Crippen molar-refractivity contribution in [2.45, 2.75) is 6.92 Å². The van der Waals surface area contributed by atoms with Gasteiger partial charge in [0.25, 0.3) is 0 Å². The minimum absolute atomic E-state index is 0.135. The molecule has 0 heterocycles. The van der Waals surface area contributed by atoms with Gasteiger partial charge in [-0.15, -0.1) is 0 Å². The maximum absolute atomic E-state index is 9.48. The van der Waals surface area contributed by atoms with Crippen LogP contribution in [-0.2, 0) is 0 Å². The summed E-state index contributed by atoms with van der Waals surface area (Å²) in [4.78, 5) is 0. The largest absolute Gasteiger partial charge is 0.507 e. The van der Waals surface area contributed by atoms with Crippen LogP contribution >= 0.6 is 23.2 Å². The Labute approximate surface area is 81.2 Å². The van der Waals surface area contributed by atoms with Gasteiger partial charge in [-0.05, 0) is 18.6 Å². The summed E-state index contributed by atoms with van der Waals surface area (Å²) in [6.07, 6.45) is 1.51. The third kappa shape index (κ3) is 2.16. The zero-order valence-electron chi connectivity index (χ0n) is 6.51. The molecular weight excluding hydrogens is 195 g/mol. The number of halogens is 2. The van der Waals surface area contributed by atoms with Crippen LogP contribution in [0.5, 0.6) is 5.75 Å². The second kappa shape index (κ2) is 3.83. The molecule has 0 spiro atoms.